The predicted octanol–water partition coefficient (Wildman–Crippen LogP) is 2.05. The monoisotopic (exact) mass is 279 g/mol. The fraction of sp³-hybridized carbons (Fsp3) is 0.571. The Bertz CT molecular complexity index is 468. The van der Waals surface area contributed by atoms with Gasteiger partial charge in [-0.2, -0.15) is 0 Å². The van der Waals surface area contributed by atoms with Crippen LogP contribution in [0.2, 0.25) is 0 Å². The van der Waals surface area contributed by atoms with Crippen LogP contribution in [-0.2, 0) is 4.74 Å². The minimum absolute atomic E-state index is 0.0568. The van der Waals surface area contributed by atoms with Gasteiger partial charge in [0.15, 0.2) is 0 Å². The summed E-state index contributed by atoms with van der Waals surface area (Å²) in [5.74, 6) is 0.523. The second-order valence-corrected chi connectivity index (χ2v) is 5.88. The molecule has 2 heterocycles. The Labute approximate surface area is 118 Å². The molecule has 0 spiro atoms. The summed E-state index contributed by atoms with van der Waals surface area (Å²) < 4.78 is 11.1. The highest BCUT2D eigenvalue weighted by molar-refractivity contribution is 5.68. The molecule has 1 aliphatic rings. The van der Waals surface area contributed by atoms with Gasteiger partial charge in [-0.3, -0.25) is 0 Å². The molecule has 2 rings (SSSR count). The number of likely N-dealkylation sites (tertiary alicyclic amines) is 1. The van der Waals surface area contributed by atoms with E-state index in [0.29, 0.717) is 24.7 Å². The third-order valence-corrected chi connectivity index (χ3v) is 2.84. The molecule has 1 aromatic rings. The van der Waals surface area contributed by atoms with Crippen molar-refractivity contribution in [3.63, 3.8) is 0 Å². The smallest absolute Gasteiger partial charge is 0.410 e. The van der Waals surface area contributed by atoms with Crippen LogP contribution in [0, 0.1) is 0 Å². The van der Waals surface area contributed by atoms with E-state index in [4.69, 9.17) is 15.2 Å². The van der Waals surface area contributed by atoms with Gasteiger partial charge in [0.25, 0.3) is 0 Å². The van der Waals surface area contributed by atoms with E-state index in [2.05, 4.69) is 4.98 Å². The summed E-state index contributed by atoms with van der Waals surface area (Å²) in [6, 6.07) is 3.47. The fourth-order valence-corrected chi connectivity index (χ4v) is 1.95. The van der Waals surface area contributed by atoms with Crippen LogP contribution in [0.1, 0.15) is 27.2 Å². The Morgan fingerprint density at radius 2 is 2.20 bits per heavy atom. The number of rotatable bonds is 2. The molecule has 0 aromatic carbocycles. The number of ether oxygens (including phenoxy) is 2. The van der Waals surface area contributed by atoms with E-state index >= 15 is 0 Å². The van der Waals surface area contributed by atoms with Gasteiger partial charge in [0, 0.05) is 19.0 Å². The topological polar surface area (TPSA) is 77.7 Å². The number of nitrogens with two attached hydrogens (primary N) is 1. The lowest BCUT2D eigenvalue weighted by Crippen LogP contribution is -2.36. The molecule has 6 nitrogen and oxygen atoms in total. The van der Waals surface area contributed by atoms with Crippen LogP contribution in [0.3, 0.4) is 0 Å². The molecule has 1 amide bonds. The van der Waals surface area contributed by atoms with E-state index in [1.807, 2.05) is 20.8 Å². The normalized spacial score (nSPS) is 18.9. The molecule has 0 radical (unpaired) electrons. The zero-order valence-corrected chi connectivity index (χ0v) is 12.1. The van der Waals surface area contributed by atoms with Gasteiger partial charge in [-0.15, -0.1) is 0 Å². The van der Waals surface area contributed by atoms with Crippen LogP contribution >= 0.6 is 0 Å². The van der Waals surface area contributed by atoms with Gasteiger partial charge in [0.2, 0.25) is 5.88 Å². The molecular weight excluding hydrogens is 258 g/mol. The van der Waals surface area contributed by atoms with Gasteiger partial charge in [0.05, 0.1) is 18.4 Å². The summed E-state index contributed by atoms with van der Waals surface area (Å²) in [5, 5.41) is 0. The molecular formula is C14H21N3O3. The lowest BCUT2D eigenvalue weighted by atomic mass is 10.2. The zero-order chi connectivity index (χ0) is 14.8. The number of anilines is 1. The van der Waals surface area contributed by atoms with Crippen molar-refractivity contribution in [3.8, 4) is 5.88 Å². The number of pyridine rings is 1. The van der Waals surface area contributed by atoms with Crippen LogP contribution in [0.15, 0.2) is 18.3 Å². The minimum atomic E-state index is -0.478. The number of carbonyl (C=O) groups is 1. The number of amides is 1. The first-order chi connectivity index (χ1) is 9.33. The van der Waals surface area contributed by atoms with Crippen LogP contribution in [0.5, 0.6) is 5.88 Å². The van der Waals surface area contributed by atoms with Crippen molar-refractivity contribution < 1.29 is 14.3 Å². The van der Waals surface area contributed by atoms with Gasteiger partial charge < -0.3 is 20.1 Å². The molecule has 20 heavy (non-hydrogen) atoms. The van der Waals surface area contributed by atoms with E-state index in [-0.39, 0.29) is 12.2 Å². The molecule has 0 saturated carbocycles. The van der Waals surface area contributed by atoms with Crippen molar-refractivity contribution in [1.29, 1.82) is 0 Å². The van der Waals surface area contributed by atoms with Crippen molar-refractivity contribution in [1.82, 2.24) is 9.88 Å². The highest BCUT2D eigenvalue weighted by Crippen LogP contribution is 2.19. The highest BCUT2D eigenvalue weighted by atomic mass is 16.6. The fourth-order valence-electron chi connectivity index (χ4n) is 1.95. The molecule has 0 unspecified atom stereocenters. The maximum absolute atomic E-state index is 11.9. The van der Waals surface area contributed by atoms with Crippen LogP contribution in [0.25, 0.3) is 0 Å². The molecule has 2 N–H and O–H groups in total. The van der Waals surface area contributed by atoms with Crippen LogP contribution < -0.4 is 10.5 Å². The number of nitrogen functional groups attached to an aromatic ring is 1. The Kier molecular flexibility index (Phi) is 4.01. The summed E-state index contributed by atoms with van der Waals surface area (Å²) in [7, 11) is 0. The lowest BCUT2D eigenvalue weighted by molar-refractivity contribution is 0.0275. The molecule has 1 fully saturated rings. The van der Waals surface area contributed by atoms with Crippen molar-refractivity contribution in [2.24, 2.45) is 0 Å². The minimum Gasteiger partial charge on any atom is -0.472 e. The van der Waals surface area contributed by atoms with Gasteiger partial charge in [-0.1, -0.05) is 0 Å². The molecule has 0 bridgehead atoms. The highest BCUT2D eigenvalue weighted by Gasteiger charge is 2.30. The molecule has 1 atom stereocenters. The third-order valence-electron chi connectivity index (χ3n) is 2.84. The van der Waals surface area contributed by atoms with E-state index in [9.17, 15) is 4.79 Å². The number of aromatic nitrogens is 1. The Morgan fingerprint density at radius 3 is 2.80 bits per heavy atom. The van der Waals surface area contributed by atoms with Crippen molar-refractivity contribution in [2.75, 3.05) is 18.8 Å². The molecule has 1 saturated heterocycles. The molecule has 6 heteroatoms. The second kappa shape index (κ2) is 5.56. The molecule has 1 aliphatic heterocycles. The molecule has 1 aromatic heterocycles. The van der Waals surface area contributed by atoms with Crippen LogP contribution in [0.4, 0.5) is 10.5 Å². The second-order valence-electron chi connectivity index (χ2n) is 5.88. The summed E-state index contributed by atoms with van der Waals surface area (Å²) >= 11 is 0. The molecule has 110 valence electrons. The maximum atomic E-state index is 11.9. The maximum Gasteiger partial charge on any atom is 0.410 e. The largest absolute Gasteiger partial charge is 0.472 e. The van der Waals surface area contributed by atoms with Gasteiger partial charge in [0.1, 0.15) is 11.7 Å². The van der Waals surface area contributed by atoms with Crippen molar-refractivity contribution >= 4 is 11.8 Å². The number of hydrogen-bond donors (Lipinski definition) is 1. The Hall–Kier alpha value is -1.98. The Balaban J connectivity index is 1.86. The van der Waals surface area contributed by atoms with Crippen LogP contribution in [-0.4, -0.2) is 40.8 Å². The number of nitrogens with zero attached hydrogens (tertiary/aromatic N) is 2. The van der Waals surface area contributed by atoms with Crippen molar-refractivity contribution in [2.45, 2.75) is 38.9 Å². The third kappa shape index (κ3) is 4.01. The predicted molar refractivity (Wildman–Crippen MR) is 75.5 cm³/mol. The quantitative estimate of drug-likeness (QED) is 0.896. The lowest BCUT2D eigenvalue weighted by Gasteiger charge is -2.24. The number of hydrogen-bond acceptors (Lipinski definition) is 5. The van der Waals surface area contributed by atoms with Gasteiger partial charge in [-0.05, 0) is 26.8 Å². The van der Waals surface area contributed by atoms with Crippen molar-refractivity contribution in [3.05, 3.63) is 18.3 Å². The molecule has 0 aliphatic carbocycles. The zero-order valence-electron chi connectivity index (χ0n) is 12.1. The van der Waals surface area contributed by atoms with E-state index < -0.39 is 5.60 Å². The number of carbonyl (C=O) groups excluding carboxylic acids is 1. The summed E-state index contributed by atoms with van der Waals surface area (Å²) in [5.41, 5.74) is 5.69. The van der Waals surface area contributed by atoms with E-state index in [1.165, 1.54) is 0 Å². The summed E-state index contributed by atoms with van der Waals surface area (Å²) in [4.78, 5) is 17.7. The summed E-state index contributed by atoms with van der Waals surface area (Å²) in [6.45, 7) is 6.71. The average Bonchev–Trinajstić information content (AvgIpc) is 2.79. The standard InChI is InChI=1S/C14H21N3O3/c1-14(2,3)20-13(18)17-7-6-11(9-17)19-12-5-4-10(15)8-16-12/h4-5,8,11H,6-7,9,15H2,1-3H3/t11-/m0/s1. The first-order valence-electron chi connectivity index (χ1n) is 6.69. The van der Waals surface area contributed by atoms with E-state index in [1.54, 1.807) is 23.2 Å². The van der Waals surface area contributed by atoms with E-state index in [0.717, 1.165) is 6.42 Å². The summed E-state index contributed by atoms with van der Waals surface area (Å²) in [6.07, 6.45) is 1.97. The average molecular weight is 279 g/mol. The van der Waals surface area contributed by atoms with Gasteiger partial charge in [-0.25, -0.2) is 9.78 Å². The Morgan fingerprint density at radius 1 is 1.45 bits per heavy atom. The van der Waals surface area contributed by atoms with Gasteiger partial charge >= 0.3 is 6.09 Å². The first-order valence-corrected chi connectivity index (χ1v) is 6.69. The first kappa shape index (κ1) is 14.4. The SMILES string of the molecule is CC(C)(C)OC(=O)N1CC[C@H](Oc2ccc(N)cn2)C1.